The zero-order valence-electron chi connectivity index (χ0n) is 12.4. The molecule has 0 bridgehead atoms. The lowest BCUT2D eigenvalue weighted by atomic mass is 9.84. The Balaban J connectivity index is 1.46. The van der Waals surface area contributed by atoms with Gasteiger partial charge >= 0.3 is 6.03 Å². The lowest BCUT2D eigenvalue weighted by Gasteiger charge is -2.29. The molecule has 1 aromatic rings. The number of fused-ring (bicyclic) bond motifs is 1. The highest BCUT2D eigenvalue weighted by molar-refractivity contribution is 5.74. The highest BCUT2D eigenvalue weighted by Crippen LogP contribution is 2.46. The monoisotopic (exact) mass is 276 g/mol. The number of urea groups is 1. The predicted octanol–water partition coefficient (Wildman–Crippen LogP) is 2.23. The van der Waals surface area contributed by atoms with Gasteiger partial charge in [0, 0.05) is 32.0 Å². The van der Waals surface area contributed by atoms with Crippen molar-refractivity contribution in [3.05, 3.63) is 18.2 Å². The molecular weight excluding hydrogens is 252 g/mol. The summed E-state index contributed by atoms with van der Waals surface area (Å²) in [4.78, 5) is 18.3. The lowest BCUT2D eigenvalue weighted by molar-refractivity contribution is 0.179. The van der Waals surface area contributed by atoms with E-state index in [2.05, 4.69) is 28.7 Å². The van der Waals surface area contributed by atoms with E-state index in [1.807, 2.05) is 11.1 Å². The SMILES string of the molecule is CC(C)(CCNC(=O)N1CCn2ccnc2C1)C1CC1. The first-order valence-corrected chi connectivity index (χ1v) is 7.59. The van der Waals surface area contributed by atoms with Gasteiger partial charge in [0.05, 0.1) is 6.54 Å². The maximum Gasteiger partial charge on any atom is 0.317 e. The molecule has 0 saturated heterocycles. The fraction of sp³-hybridized carbons (Fsp3) is 0.733. The molecule has 0 unspecified atom stereocenters. The van der Waals surface area contributed by atoms with E-state index in [4.69, 9.17) is 0 Å². The number of hydrogen-bond acceptors (Lipinski definition) is 2. The maximum absolute atomic E-state index is 12.2. The minimum atomic E-state index is 0.0471. The summed E-state index contributed by atoms with van der Waals surface area (Å²) in [6.07, 6.45) is 7.55. The summed E-state index contributed by atoms with van der Waals surface area (Å²) in [6, 6.07) is 0.0471. The number of imidazole rings is 1. The van der Waals surface area contributed by atoms with Gasteiger partial charge in [0.15, 0.2) is 0 Å². The first kappa shape index (κ1) is 13.5. The van der Waals surface area contributed by atoms with E-state index >= 15 is 0 Å². The number of nitrogens with zero attached hydrogens (tertiary/aromatic N) is 3. The molecule has 110 valence electrons. The summed E-state index contributed by atoms with van der Waals surface area (Å²) in [6.45, 7) is 7.62. The van der Waals surface area contributed by atoms with Crippen LogP contribution in [0.25, 0.3) is 0 Å². The van der Waals surface area contributed by atoms with Crippen molar-refractivity contribution in [1.82, 2.24) is 19.8 Å². The molecule has 3 rings (SSSR count). The molecule has 1 aliphatic carbocycles. The molecule has 0 aromatic carbocycles. The van der Waals surface area contributed by atoms with Crippen molar-refractivity contribution in [3.63, 3.8) is 0 Å². The number of hydrogen-bond donors (Lipinski definition) is 1. The molecule has 0 spiro atoms. The van der Waals surface area contributed by atoms with Gasteiger partial charge < -0.3 is 14.8 Å². The second-order valence-electron chi connectivity index (χ2n) is 6.70. The van der Waals surface area contributed by atoms with Crippen molar-refractivity contribution in [2.75, 3.05) is 13.1 Å². The summed E-state index contributed by atoms with van der Waals surface area (Å²) >= 11 is 0. The second-order valence-corrected chi connectivity index (χ2v) is 6.70. The minimum absolute atomic E-state index is 0.0471. The summed E-state index contributed by atoms with van der Waals surface area (Å²) in [5, 5.41) is 3.06. The van der Waals surface area contributed by atoms with Crippen molar-refractivity contribution < 1.29 is 4.79 Å². The van der Waals surface area contributed by atoms with Gasteiger partial charge in [-0.1, -0.05) is 13.8 Å². The summed E-state index contributed by atoms with van der Waals surface area (Å²) in [5.74, 6) is 1.84. The average Bonchev–Trinajstić information content (AvgIpc) is 3.17. The average molecular weight is 276 g/mol. The first-order chi connectivity index (χ1) is 9.56. The van der Waals surface area contributed by atoms with Crippen LogP contribution in [0.5, 0.6) is 0 Å². The maximum atomic E-state index is 12.2. The molecule has 2 amide bonds. The first-order valence-electron chi connectivity index (χ1n) is 7.59. The van der Waals surface area contributed by atoms with Crippen molar-refractivity contribution in [1.29, 1.82) is 0 Å². The Morgan fingerprint density at radius 1 is 1.45 bits per heavy atom. The Bertz CT molecular complexity index is 490. The van der Waals surface area contributed by atoms with E-state index in [9.17, 15) is 4.79 Å². The zero-order valence-corrected chi connectivity index (χ0v) is 12.4. The van der Waals surface area contributed by atoms with Crippen LogP contribution in [-0.4, -0.2) is 33.6 Å². The number of rotatable bonds is 4. The van der Waals surface area contributed by atoms with Gasteiger partial charge in [-0.25, -0.2) is 9.78 Å². The Kier molecular flexibility index (Phi) is 3.44. The summed E-state index contributed by atoms with van der Waals surface area (Å²) in [5.41, 5.74) is 0.367. The Labute approximate surface area is 120 Å². The largest absolute Gasteiger partial charge is 0.338 e. The molecular formula is C15H24N4O. The molecule has 1 aliphatic heterocycles. The number of nitrogens with one attached hydrogen (secondary N) is 1. The van der Waals surface area contributed by atoms with E-state index in [-0.39, 0.29) is 6.03 Å². The van der Waals surface area contributed by atoms with E-state index in [1.54, 1.807) is 6.20 Å². The Morgan fingerprint density at radius 2 is 2.25 bits per heavy atom. The van der Waals surface area contributed by atoms with Crippen LogP contribution in [0.3, 0.4) is 0 Å². The van der Waals surface area contributed by atoms with Gasteiger partial charge in [-0.15, -0.1) is 0 Å². The van der Waals surface area contributed by atoms with Crippen LogP contribution in [0.2, 0.25) is 0 Å². The van der Waals surface area contributed by atoms with Crippen molar-refractivity contribution in [2.45, 2.75) is 46.2 Å². The highest BCUT2D eigenvalue weighted by atomic mass is 16.2. The number of carbonyl (C=O) groups excluding carboxylic acids is 1. The van der Waals surface area contributed by atoms with Crippen molar-refractivity contribution >= 4 is 6.03 Å². The molecule has 2 aliphatic rings. The zero-order chi connectivity index (χ0) is 14.2. The third-order valence-electron chi connectivity index (χ3n) is 4.76. The lowest BCUT2D eigenvalue weighted by Crippen LogP contribution is -2.45. The molecule has 5 heteroatoms. The molecule has 1 N–H and O–H groups in total. The fourth-order valence-electron chi connectivity index (χ4n) is 3.02. The third kappa shape index (κ3) is 2.81. The van der Waals surface area contributed by atoms with Crippen LogP contribution in [-0.2, 0) is 13.1 Å². The van der Waals surface area contributed by atoms with Gasteiger partial charge in [-0.05, 0) is 30.6 Å². The Morgan fingerprint density at radius 3 is 3.00 bits per heavy atom. The van der Waals surface area contributed by atoms with Gasteiger partial charge in [0.2, 0.25) is 0 Å². The molecule has 0 radical (unpaired) electrons. The molecule has 1 fully saturated rings. The molecule has 5 nitrogen and oxygen atoms in total. The normalized spacial score (nSPS) is 18.8. The van der Waals surface area contributed by atoms with E-state index in [1.165, 1.54) is 12.8 Å². The third-order valence-corrected chi connectivity index (χ3v) is 4.76. The summed E-state index contributed by atoms with van der Waals surface area (Å²) in [7, 11) is 0. The van der Waals surface area contributed by atoms with Gasteiger partial charge in [0.1, 0.15) is 5.82 Å². The number of amides is 2. The van der Waals surface area contributed by atoms with Crippen LogP contribution in [0.15, 0.2) is 12.4 Å². The molecule has 1 saturated carbocycles. The molecule has 2 heterocycles. The fourth-order valence-corrected chi connectivity index (χ4v) is 3.02. The second kappa shape index (κ2) is 5.11. The van der Waals surface area contributed by atoms with Crippen LogP contribution in [0.1, 0.15) is 38.9 Å². The molecule has 0 atom stereocenters. The number of aromatic nitrogens is 2. The number of carbonyl (C=O) groups is 1. The van der Waals surface area contributed by atoms with Crippen molar-refractivity contribution in [3.8, 4) is 0 Å². The van der Waals surface area contributed by atoms with E-state index < -0.39 is 0 Å². The predicted molar refractivity (Wildman–Crippen MR) is 77.2 cm³/mol. The van der Waals surface area contributed by atoms with Gasteiger partial charge in [-0.3, -0.25) is 0 Å². The van der Waals surface area contributed by atoms with Gasteiger partial charge in [0.25, 0.3) is 0 Å². The van der Waals surface area contributed by atoms with Crippen molar-refractivity contribution in [2.24, 2.45) is 11.3 Å². The molecule has 20 heavy (non-hydrogen) atoms. The topological polar surface area (TPSA) is 50.2 Å². The van der Waals surface area contributed by atoms with Gasteiger partial charge in [-0.2, -0.15) is 0 Å². The van der Waals surface area contributed by atoms with Crippen LogP contribution < -0.4 is 5.32 Å². The highest BCUT2D eigenvalue weighted by Gasteiger charge is 2.37. The quantitative estimate of drug-likeness (QED) is 0.917. The van der Waals surface area contributed by atoms with Crippen LogP contribution >= 0.6 is 0 Å². The van der Waals surface area contributed by atoms with E-state index in [0.717, 1.165) is 37.8 Å². The summed E-state index contributed by atoms with van der Waals surface area (Å²) < 4.78 is 2.11. The van der Waals surface area contributed by atoms with E-state index in [0.29, 0.717) is 12.0 Å². The Hall–Kier alpha value is -1.52. The standard InChI is InChI=1S/C15H24N4O/c1-15(2,12-3-4-12)5-6-17-14(20)19-10-9-18-8-7-16-13(18)11-19/h7-8,12H,3-6,9-11H2,1-2H3,(H,17,20). The smallest absolute Gasteiger partial charge is 0.317 e. The van der Waals surface area contributed by atoms with Crippen LogP contribution in [0.4, 0.5) is 4.79 Å². The minimum Gasteiger partial charge on any atom is -0.338 e. The van der Waals surface area contributed by atoms with Crippen LogP contribution in [0, 0.1) is 11.3 Å². The molecule has 1 aromatic heterocycles.